The second-order valence-electron chi connectivity index (χ2n) is 13.0. The summed E-state index contributed by atoms with van der Waals surface area (Å²) in [5.41, 5.74) is 7.55. The van der Waals surface area contributed by atoms with E-state index in [0.29, 0.717) is 44.0 Å². The highest BCUT2D eigenvalue weighted by molar-refractivity contribution is 7.15. The molecule has 8 rings (SSSR count). The van der Waals surface area contributed by atoms with Crippen molar-refractivity contribution in [3.8, 4) is 22.3 Å². The first-order valence-electron chi connectivity index (χ1n) is 17.0. The molecule has 2 unspecified atom stereocenters. The van der Waals surface area contributed by atoms with Crippen molar-refractivity contribution in [1.82, 2.24) is 0 Å². The van der Waals surface area contributed by atoms with Crippen molar-refractivity contribution in [1.29, 1.82) is 0 Å². The van der Waals surface area contributed by atoms with E-state index in [1.807, 2.05) is 36.4 Å². The van der Waals surface area contributed by atoms with Crippen LogP contribution in [0.3, 0.4) is 0 Å². The van der Waals surface area contributed by atoms with Crippen LogP contribution in [-0.4, -0.2) is 34.0 Å². The molecule has 0 aliphatic heterocycles. The molecule has 2 atom stereocenters. The Labute approximate surface area is 329 Å². The monoisotopic (exact) mass is 794 g/mol. The minimum absolute atomic E-state index is 0.110. The molecule has 12 heteroatoms. The molecule has 8 nitrogen and oxygen atoms in total. The third-order valence-corrected chi connectivity index (χ3v) is 12.0. The van der Waals surface area contributed by atoms with Crippen LogP contribution in [-0.2, 0) is 28.9 Å². The summed E-state index contributed by atoms with van der Waals surface area (Å²) in [6.07, 6.45) is 2.99. The van der Waals surface area contributed by atoms with Gasteiger partial charge >= 0.3 is 11.9 Å². The molecule has 54 heavy (non-hydrogen) atoms. The van der Waals surface area contributed by atoms with Gasteiger partial charge in [0.2, 0.25) is 11.8 Å². The molecule has 6 aromatic rings. The molecule has 4 N–H and O–H groups in total. The lowest BCUT2D eigenvalue weighted by Crippen LogP contribution is -2.30. The number of carboxylic acid groups (broad SMARTS) is 2. The van der Waals surface area contributed by atoms with E-state index in [4.69, 9.17) is 23.2 Å². The zero-order valence-electron chi connectivity index (χ0n) is 28.5. The predicted molar refractivity (Wildman–Crippen MR) is 216 cm³/mol. The summed E-state index contributed by atoms with van der Waals surface area (Å²) in [4.78, 5) is 49.1. The minimum atomic E-state index is -1.07. The minimum Gasteiger partial charge on any atom is -0.478 e. The standard InChI is InChI=1S/C22H18ClNO3S.C20H14ClNO3S/c23-17-9-7-14(8-10-17)18-12-28-21(19(18)22(26)27)24-20(25)16-6-5-13-3-1-2-4-15(13)11-16;21-13-7-5-11(6-8-13)16-10-26-19(17(16)20(24)25)22-18(23)15-9-12-3-1-2-4-14(12)15/h1-4,7-10,12,16H,5-6,11H2,(H,24,25)(H,26,27);1-8,10,15H,9H2,(H,22,23)(H,24,25). The van der Waals surface area contributed by atoms with E-state index >= 15 is 0 Å². The molecule has 4 aromatic carbocycles. The number of hydrogen-bond acceptors (Lipinski definition) is 6. The molecule has 0 bridgehead atoms. The molecule has 2 heterocycles. The van der Waals surface area contributed by atoms with Crippen molar-refractivity contribution in [2.75, 3.05) is 10.6 Å². The molecule has 0 saturated heterocycles. The third kappa shape index (κ3) is 7.83. The van der Waals surface area contributed by atoms with Crippen LogP contribution >= 0.6 is 45.9 Å². The van der Waals surface area contributed by atoms with Gasteiger partial charge in [0.05, 0.1) is 5.92 Å². The fourth-order valence-electron chi connectivity index (χ4n) is 6.84. The Kier molecular flexibility index (Phi) is 11.0. The van der Waals surface area contributed by atoms with Crippen molar-refractivity contribution in [2.24, 2.45) is 5.92 Å². The summed E-state index contributed by atoms with van der Waals surface area (Å²) >= 11 is 14.3. The lowest BCUT2D eigenvalue weighted by molar-refractivity contribution is -0.120. The SMILES string of the molecule is O=C(O)c1c(-c2ccc(Cl)cc2)csc1NC(=O)C1CCc2ccccc2C1.O=C(O)c1c(-c2ccc(Cl)cc2)csc1NC(=O)C1Cc2ccccc21. The Balaban J connectivity index is 0.000000167. The van der Waals surface area contributed by atoms with Crippen molar-refractivity contribution < 1.29 is 29.4 Å². The number of carbonyl (C=O) groups excluding carboxylic acids is 2. The van der Waals surface area contributed by atoms with E-state index in [9.17, 15) is 29.4 Å². The Hall–Kier alpha value is -5.26. The van der Waals surface area contributed by atoms with Gasteiger partial charge in [0.1, 0.15) is 21.1 Å². The molecule has 0 radical (unpaired) electrons. The first-order valence-corrected chi connectivity index (χ1v) is 19.6. The zero-order chi connectivity index (χ0) is 37.9. The van der Waals surface area contributed by atoms with Gasteiger partial charge in [-0.25, -0.2) is 9.59 Å². The Morgan fingerprint density at radius 2 is 1.07 bits per heavy atom. The average molecular weight is 796 g/mol. The highest BCUT2D eigenvalue weighted by Gasteiger charge is 2.33. The van der Waals surface area contributed by atoms with Crippen LogP contribution in [0.2, 0.25) is 10.0 Å². The number of thiophene rings is 2. The smallest absolute Gasteiger partial charge is 0.339 e. The van der Waals surface area contributed by atoms with Crippen LogP contribution in [0.5, 0.6) is 0 Å². The molecule has 0 fully saturated rings. The van der Waals surface area contributed by atoms with E-state index in [-0.39, 0.29) is 34.8 Å². The number of carbonyl (C=O) groups is 4. The molecular weight excluding hydrogens is 764 g/mol. The number of aryl methyl sites for hydroxylation is 1. The molecule has 0 spiro atoms. The molecule has 272 valence electrons. The maximum atomic E-state index is 12.8. The third-order valence-electron chi connectivity index (χ3n) is 9.68. The zero-order valence-corrected chi connectivity index (χ0v) is 31.6. The van der Waals surface area contributed by atoms with Crippen LogP contribution < -0.4 is 10.6 Å². The van der Waals surface area contributed by atoms with Crippen molar-refractivity contribution in [3.63, 3.8) is 0 Å². The second kappa shape index (κ2) is 16.0. The van der Waals surface area contributed by atoms with Crippen molar-refractivity contribution in [3.05, 3.63) is 151 Å². The largest absolute Gasteiger partial charge is 0.478 e. The van der Waals surface area contributed by atoms with Crippen molar-refractivity contribution in [2.45, 2.75) is 31.6 Å². The van der Waals surface area contributed by atoms with E-state index in [1.54, 1.807) is 59.3 Å². The van der Waals surface area contributed by atoms with Crippen LogP contribution in [0.15, 0.2) is 108 Å². The lowest BCUT2D eigenvalue weighted by atomic mass is 9.77. The van der Waals surface area contributed by atoms with Gasteiger partial charge in [-0.1, -0.05) is 96.0 Å². The first-order chi connectivity index (χ1) is 26.1. The highest BCUT2D eigenvalue weighted by Crippen LogP contribution is 2.40. The van der Waals surface area contributed by atoms with Gasteiger partial charge in [0, 0.05) is 37.9 Å². The number of anilines is 2. The Morgan fingerprint density at radius 1 is 0.593 bits per heavy atom. The highest BCUT2D eigenvalue weighted by atomic mass is 35.5. The first kappa shape index (κ1) is 37.1. The van der Waals surface area contributed by atoms with Gasteiger partial charge in [-0.05, 0) is 83.3 Å². The van der Waals surface area contributed by atoms with Crippen LogP contribution in [0, 0.1) is 5.92 Å². The summed E-state index contributed by atoms with van der Waals surface area (Å²) < 4.78 is 0. The number of benzene rings is 4. The van der Waals surface area contributed by atoms with E-state index < -0.39 is 11.9 Å². The number of hydrogen-bond donors (Lipinski definition) is 4. The molecule has 0 saturated carbocycles. The summed E-state index contributed by atoms with van der Waals surface area (Å²) in [5, 5.41) is 30.5. The predicted octanol–water partition coefficient (Wildman–Crippen LogP) is 10.6. The number of aromatic carboxylic acids is 2. The number of amides is 2. The lowest BCUT2D eigenvalue weighted by Gasteiger charge is -2.28. The second-order valence-corrected chi connectivity index (χ2v) is 15.6. The van der Waals surface area contributed by atoms with E-state index in [2.05, 4.69) is 22.8 Å². The average Bonchev–Trinajstić information content (AvgIpc) is 3.77. The summed E-state index contributed by atoms with van der Waals surface area (Å²) in [7, 11) is 0. The number of nitrogens with one attached hydrogen (secondary N) is 2. The van der Waals surface area contributed by atoms with Gasteiger partial charge in [0.15, 0.2) is 0 Å². The summed E-state index contributed by atoms with van der Waals surface area (Å²) in [6, 6.07) is 29.9. The Bertz CT molecular complexity index is 2390. The van der Waals surface area contributed by atoms with Crippen molar-refractivity contribution >= 4 is 79.6 Å². The summed E-state index contributed by atoms with van der Waals surface area (Å²) in [6.45, 7) is 0. The topological polar surface area (TPSA) is 133 Å². The number of carboxylic acids is 2. The van der Waals surface area contributed by atoms with Crippen LogP contribution in [0.25, 0.3) is 22.3 Å². The van der Waals surface area contributed by atoms with E-state index in [1.165, 1.54) is 39.4 Å². The fourth-order valence-corrected chi connectivity index (χ4v) is 9.02. The maximum absolute atomic E-state index is 12.8. The molecule has 2 aliphatic carbocycles. The molecule has 2 aromatic heterocycles. The van der Waals surface area contributed by atoms with Gasteiger partial charge in [-0.3, -0.25) is 9.59 Å². The van der Waals surface area contributed by atoms with E-state index in [0.717, 1.165) is 29.5 Å². The van der Waals surface area contributed by atoms with Gasteiger partial charge in [0.25, 0.3) is 0 Å². The number of halogens is 2. The summed E-state index contributed by atoms with van der Waals surface area (Å²) in [5.74, 6) is -2.81. The Morgan fingerprint density at radius 3 is 1.59 bits per heavy atom. The molecule has 2 amide bonds. The number of rotatable bonds is 8. The van der Waals surface area contributed by atoms with Gasteiger partial charge in [-0.15, -0.1) is 22.7 Å². The normalized spacial score (nSPS) is 15.4. The quantitative estimate of drug-likeness (QED) is 0.121. The maximum Gasteiger partial charge on any atom is 0.339 e. The van der Waals surface area contributed by atoms with Crippen LogP contribution in [0.1, 0.15) is 55.3 Å². The van der Waals surface area contributed by atoms with Gasteiger partial charge < -0.3 is 20.8 Å². The number of fused-ring (bicyclic) bond motifs is 2. The molecule has 2 aliphatic rings. The van der Waals surface area contributed by atoms with Crippen LogP contribution in [0.4, 0.5) is 10.0 Å². The molecular formula is C42H32Cl2N2O6S2. The van der Waals surface area contributed by atoms with Gasteiger partial charge in [-0.2, -0.15) is 0 Å². The fraction of sp³-hybridized carbons (Fsp3) is 0.143.